The molecule has 2 rings (SSSR count). The van der Waals surface area contributed by atoms with Crippen molar-refractivity contribution in [3.8, 4) is 5.75 Å². The van der Waals surface area contributed by atoms with Gasteiger partial charge in [-0.25, -0.2) is 0 Å². The number of hydrogen-bond donors (Lipinski definition) is 4. The summed E-state index contributed by atoms with van der Waals surface area (Å²) < 4.78 is 16.4. The fourth-order valence-electron chi connectivity index (χ4n) is 5.56. The van der Waals surface area contributed by atoms with Crippen molar-refractivity contribution in [3.05, 3.63) is 29.8 Å². The van der Waals surface area contributed by atoms with E-state index in [4.69, 9.17) is 19.9 Å². The fraction of sp³-hybridized carbons (Fsp3) is 0.765. The molecule has 1 saturated heterocycles. The topological polar surface area (TPSA) is 135 Å². The van der Waals surface area contributed by atoms with Crippen LogP contribution >= 0.6 is 0 Å². The highest BCUT2D eigenvalue weighted by molar-refractivity contribution is 5.96. The van der Waals surface area contributed by atoms with Gasteiger partial charge in [0.1, 0.15) is 5.75 Å². The maximum Gasteiger partial charge on any atom is 0.255 e. The lowest BCUT2D eigenvalue weighted by Crippen LogP contribution is -2.56. The lowest BCUT2D eigenvalue weighted by atomic mass is 9.83. The Morgan fingerprint density at radius 2 is 1.68 bits per heavy atom. The van der Waals surface area contributed by atoms with Crippen LogP contribution in [0.2, 0.25) is 0 Å². The van der Waals surface area contributed by atoms with Crippen molar-refractivity contribution in [2.24, 2.45) is 29.4 Å². The van der Waals surface area contributed by atoms with Crippen LogP contribution in [0, 0.1) is 23.7 Å². The van der Waals surface area contributed by atoms with Crippen molar-refractivity contribution in [3.63, 3.8) is 0 Å². The Labute approximate surface area is 265 Å². The quantitative estimate of drug-likeness (QED) is 0.163. The van der Waals surface area contributed by atoms with E-state index in [1.807, 2.05) is 32.0 Å². The third-order valence-electron chi connectivity index (χ3n) is 8.87. The van der Waals surface area contributed by atoms with E-state index in [1.165, 1.54) is 0 Å². The predicted octanol–water partition coefficient (Wildman–Crippen LogP) is 3.46. The largest absolute Gasteiger partial charge is 0.493 e. The van der Waals surface area contributed by atoms with Crippen LogP contribution < -0.4 is 21.1 Å². The minimum absolute atomic E-state index is 0.0470. The van der Waals surface area contributed by atoms with E-state index >= 15 is 0 Å². The third kappa shape index (κ3) is 12.6. The molecular weight excluding hydrogens is 560 g/mol. The highest BCUT2D eigenvalue weighted by Crippen LogP contribution is 2.24. The minimum atomic E-state index is -0.843. The van der Waals surface area contributed by atoms with Gasteiger partial charge in [0, 0.05) is 57.4 Å². The zero-order valence-electron chi connectivity index (χ0n) is 28.3. The van der Waals surface area contributed by atoms with E-state index in [2.05, 4.69) is 43.2 Å². The van der Waals surface area contributed by atoms with Crippen molar-refractivity contribution in [2.75, 3.05) is 59.7 Å². The molecule has 1 aliphatic rings. The predicted molar refractivity (Wildman–Crippen MR) is 175 cm³/mol. The van der Waals surface area contributed by atoms with Gasteiger partial charge in [-0.3, -0.25) is 14.5 Å². The lowest BCUT2D eigenvalue weighted by Gasteiger charge is -2.41. The summed E-state index contributed by atoms with van der Waals surface area (Å²) in [6, 6.07) is 6.72. The molecule has 0 aliphatic carbocycles. The molecule has 0 saturated carbocycles. The van der Waals surface area contributed by atoms with Crippen molar-refractivity contribution in [1.82, 2.24) is 15.5 Å². The van der Waals surface area contributed by atoms with Gasteiger partial charge >= 0.3 is 0 Å². The van der Waals surface area contributed by atoms with Crippen molar-refractivity contribution >= 4 is 11.8 Å². The first-order valence-corrected chi connectivity index (χ1v) is 16.4. The summed E-state index contributed by atoms with van der Waals surface area (Å²) in [6.07, 6.45) is 1.69. The van der Waals surface area contributed by atoms with E-state index in [0.717, 1.165) is 25.9 Å². The number of methoxy groups -OCH3 is 1. The van der Waals surface area contributed by atoms with E-state index in [9.17, 15) is 14.7 Å². The molecule has 10 nitrogen and oxygen atoms in total. The summed E-state index contributed by atoms with van der Waals surface area (Å²) >= 11 is 0. The zero-order chi connectivity index (χ0) is 32.7. The second-order valence-electron chi connectivity index (χ2n) is 13.4. The molecule has 0 spiro atoms. The van der Waals surface area contributed by atoms with Crippen LogP contribution in [0.5, 0.6) is 5.75 Å². The second kappa shape index (κ2) is 19.3. The number of nitrogens with zero attached hydrogens (tertiary/aromatic N) is 1. The SMILES string of the molecule is COCCCCOc1ccccc1C(=O)NC[C@H](C[C@H](N)[C@@H](O)C[C@@H](C(=O)NCC(C)(C)N1CCOCC1)C(C)C)C(C)C. The molecule has 1 aromatic rings. The highest BCUT2D eigenvalue weighted by Gasteiger charge is 2.33. The Balaban J connectivity index is 1.92. The van der Waals surface area contributed by atoms with Crippen LogP contribution in [0.3, 0.4) is 0 Å². The molecule has 10 heteroatoms. The van der Waals surface area contributed by atoms with Crippen molar-refractivity contribution in [2.45, 2.75) is 84.9 Å². The van der Waals surface area contributed by atoms with Gasteiger partial charge < -0.3 is 35.7 Å². The number of aliphatic hydroxyl groups excluding tert-OH is 1. The van der Waals surface area contributed by atoms with Crippen molar-refractivity contribution in [1.29, 1.82) is 0 Å². The maximum absolute atomic E-state index is 13.3. The van der Waals surface area contributed by atoms with Gasteiger partial charge in [-0.1, -0.05) is 39.8 Å². The molecule has 2 amide bonds. The number of rotatable bonds is 20. The number of carbonyl (C=O) groups excluding carboxylic acids is 2. The molecule has 4 atom stereocenters. The van der Waals surface area contributed by atoms with Gasteiger partial charge in [-0.05, 0) is 69.4 Å². The molecule has 0 radical (unpaired) electrons. The number of hydrogen-bond acceptors (Lipinski definition) is 8. The van der Waals surface area contributed by atoms with Crippen LogP contribution in [0.1, 0.15) is 77.6 Å². The number of morpholine rings is 1. The molecule has 5 N–H and O–H groups in total. The Morgan fingerprint density at radius 3 is 2.32 bits per heavy atom. The van der Waals surface area contributed by atoms with Gasteiger partial charge in [0.05, 0.1) is 31.5 Å². The number of nitrogens with two attached hydrogens (primary N) is 1. The Morgan fingerprint density at radius 1 is 1.02 bits per heavy atom. The molecule has 1 aliphatic heterocycles. The molecule has 0 bridgehead atoms. The molecule has 44 heavy (non-hydrogen) atoms. The molecular formula is C34H60N4O6. The summed E-state index contributed by atoms with van der Waals surface area (Å²) in [4.78, 5) is 28.8. The Hall–Kier alpha value is -2.24. The first-order valence-electron chi connectivity index (χ1n) is 16.4. The molecule has 0 aromatic heterocycles. The molecule has 1 heterocycles. The summed E-state index contributed by atoms with van der Waals surface area (Å²) in [5.41, 5.74) is 6.84. The average Bonchev–Trinajstić information content (AvgIpc) is 3.00. The van der Waals surface area contributed by atoms with Crippen LogP contribution in [-0.4, -0.2) is 99.2 Å². The monoisotopic (exact) mass is 620 g/mol. The number of nitrogens with one attached hydrogen (secondary N) is 2. The molecule has 252 valence electrons. The molecule has 1 aromatic carbocycles. The average molecular weight is 621 g/mol. The van der Waals surface area contributed by atoms with E-state index in [1.54, 1.807) is 13.2 Å². The highest BCUT2D eigenvalue weighted by atomic mass is 16.5. The Kier molecular flexibility index (Phi) is 16.7. The number of unbranched alkanes of at least 4 members (excludes halogenated alkanes) is 1. The van der Waals surface area contributed by atoms with E-state index < -0.39 is 12.1 Å². The maximum atomic E-state index is 13.3. The van der Waals surface area contributed by atoms with Crippen molar-refractivity contribution < 1.29 is 28.9 Å². The first-order chi connectivity index (χ1) is 20.9. The number of ether oxygens (including phenoxy) is 3. The zero-order valence-corrected chi connectivity index (χ0v) is 28.3. The molecule has 0 unspecified atom stereocenters. The van der Waals surface area contributed by atoms with Gasteiger partial charge in [0.15, 0.2) is 0 Å². The Bertz CT molecular complexity index is 982. The number of benzene rings is 1. The number of para-hydroxylation sites is 1. The lowest BCUT2D eigenvalue weighted by molar-refractivity contribution is -0.128. The summed E-state index contributed by atoms with van der Waals surface area (Å²) in [6.45, 7) is 17.7. The first kappa shape index (κ1) is 37.9. The van der Waals surface area contributed by atoms with Crippen LogP contribution in [0.4, 0.5) is 0 Å². The fourth-order valence-corrected chi connectivity index (χ4v) is 5.56. The van der Waals surface area contributed by atoms with E-state index in [-0.39, 0.29) is 47.4 Å². The summed E-state index contributed by atoms with van der Waals surface area (Å²) in [7, 11) is 1.68. The van der Waals surface area contributed by atoms with Crippen LogP contribution in [0.25, 0.3) is 0 Å². The third-order valence-corrected chi connectivity index (χ3v) is 8.87. The van der Waals surface area contributed by atoms with Gasteiger partial charge in [0.25, 0.3) is 5.91 Å². The smallest absolute Gasteiger partial charge is 0.255 e. The number of carbonyl (C=O) groups is 2. The normalized spacial score (nSPS) is 17.2. The van der Waals surface area contributed by atoms with E-state index in [0.29, 0.717) is 57.3 Å². The summed E-state index contributed by atoms with van der Waals surface area (Å²) in [5, 5.41) is 17.3. The second-order valence-corrected chi connectivity index (χ2v) is 13.4. The van der Waals surface area contributed by atoms with Gasteiger partial charge in [0.2, 0.25) is 5.91 Å². The number of aliphatic hydroxyl groups is 1. The van der Waals surface area contributed by atoms with Crippen LogP contribution in [-0.2, 0) is 14.3 Å². The molecule has 1 fully saturated rings. The summed E-state index contributed by atoms with van der Waals surface area (Å²) in [5.74, 6) is 0.264. The van der Waals surface area contributed by atoms with Gasteiger partial charge in [-0.2, -0.15) is 0 Å². The minimum Gasteiger partial charge on any atom is -0.493 e. The van der Waals surface area contributed by atoms with Crippen LogP contribution in [0.15, 0.2) is 24.3 Å². The number of amides is 2. The van der Waals surface area contributed by atoms with Gasteiger partial charge in [-0.15, -0.1) is 0 Å². The standard InChI is InChI=1S/C34H60N4O6/c1-24(2)26(22-36-32(40)27-12-8-9-13-31(27)44-17-11-10-16-42-7)20-29(35)30(39)21-28(25(3)4)33(41)37-23-34(5,6)38-14-18-43-19-15-38/h8-9,12-13,24-26,28-30,39H,10-11,14-23,35H2,1-7H3,(H,36,40)(H,37,41)/t26-,28+,29-,30-/m0/s1.